The average molecular weight is 339 g/mol. The Bertz CT molecular complexity index is 960. The maximum atomic E-state index is 12.6. The lowest BCUT2D eigenvalue weighted by Gasteiger charge is -2.07. The molecule has 0 unspecified atom stereocenters. The van der Waals surface area contributed by atoms with Crippen LogP contribution >= 0.6 is 0 Å². The minimum absolute atomic E-state index is 0.0424. The fraction of sp³-hybridized carbons (Fsp3) is 0.444. The van der Waals surface area contributed by atoms with Crippen LogP contribution in [-0.2, 0) is 25.9 Å². The molecule has 7 nitrogen and oxygen atoms in total. The summed E-state index contributed by atoms with van der Waals surface area (Å²) in [7, 11) is 0. The minimum atomic E-state index is 0.0424. The van der Waals surface area contributed by atoms with Gasteiger partial charge in [0.05, 0.1) is 17.4 Å². The summed E-state index contributed by atoms with van der Waals surface area (Å²) in [5.74, 6) is 2.19. The van der Waals surface area contributed by atoms with Crippen molar-refractivity contribution in [3.05, 3.63) is 46.1 Å². The lowest BCUT2D eigenvalue weighted by Crippen LogP contribution is -2.21. The zero-order chi connectivity index (χ0) is 17.2. The molecule has 0 radical (unpaired) electrons. The van der Waals surface area contributed by atoms with Crippen LogP contribution in [0.15, 0.2) is 27.5 Å². The van der Waals surface area contributed by atoms with Gasteiger partial charge < -0.3 is 9.84 Å². The Labute approximate surface area is 145 Å². The number of hydrogen-bond acceptors (Lipinski definition) is 6. The summed E-state index contributed by atoms with van der Waals surface area (Å²) in [5.41, 5.74) is 1.64. The molecule has 0 saturated carbocycles. The van der Waals surface area contributed by atoms with Gasteiger partial charge in [0.25, 0.3) is 5.56 Å². The molecule has 0 spiro atoms. The second kappa shape index (κ2) is 6.66. The van der Waals surface area contributed by atoms with Gasteiger partial charge in [-0.25, -0.2) is 4.98 Å². The Morgan fingerprint density at radius 1 is 1.32 bits per heavy atom. The zero-order valence-electron chi connectivity index (χ0n) is 14.3. The first-order chi connectivity index (χ1) is 12.2. The van der Waals surface area contributed by atoms with Gasteiger partial charge in [-0.2, -0.15) is 4.98 Å². The fourth-order valence-electron chi connectivity index (χ4n) is 3.17. The van der Waals surface area contributed by atoms with Crippen molar-refractivity contribution in [2.75, 3.05) is 5.32 Å². The van der Waals surface area contributed by atoms with E-state index in [1.165, 1.54) is 0 Å². The summed E-state index contributed by atoms with van der Waals surface area (Å²) < 4.78 is 7.04. The van der Waals surface area contributed by atoms with Crippen LogP contribution < -0.4 is 10.9 Å². The van der Waals surface area contributed by atoms with E-state index >= 15 is 0 Å². The SMILES string of the molecule is CCCCc1noc(CNc2ccc3nc4n(c(=O)c3c2)CCC4)n1. The van der Waals surface area contributed by atoms with E-state index in [2.05, 4.69) is 27.4 Å². The number of nitrogens with one attached hydrogen (secondary N) is 1. The van der Waals surface area contributed by atoms with Gasteiger partial charge in [0.2, 0.25) is 5.89 Å². The topological polar surface area (TPSA) is 85.8 Å². The second-order valence-corrected chi connectivity index (χ2v) is 6.38. The molecule has 4 rings (SSSR count). The van der Waals surface area contributed by atoms with Crippen LogP contribution in [-0.4, -0.2) is 19.7 Å². The summed E-state index contributed by atoms with van der Waals surface area (Å²) in [6.07, 6.45) is 4.86. The molecule has 130 valence electrons. The first-order valence-electron chi connectivity index (χ1n) is 8.83. The largest absolute Gasteiger partial charge is 0.376 e. The Hall–Kier alpha value is -2.70. The molecule has 0 aliphatic carbocycles. The second-order valence-electron chi connectivity index (χ2n) is 6.38. The number of aryl methyl sites for hydroxylation is 2. The minimum Gasteiger partial charge on any atom is -0.376 e. The molecule has 0 amide bonds. The summed E-state index contributed by atoms with van der Waals surface area (Å²) in [5, 5.41) is 7.87. The van der Waals surface area contributed by atoms with E-state index in [9.17, 15) is 4.79 Å². The van der Waals surface area contributed by atoms with Crippen LogP contribution in [0.2, 0.25) is 0 Å². The molecule has 0 bridgehead atoms. The van der Waals surface area contributed by atoms with Crippen LogP contribution in [0.25, 0.3) is 10.9 Å². The quantitative estimate of drug-likeness (QED) is 0.743. The molecule has 3 heterocycles. The van der Waals surface area contributed by atoms with E-state index in [-0.39, 0.29) is 5.56 Å². The lowest BCUT2D eigenvalue weighted by atomic mass is 10.2. The molecule has 1 N–H and O–H groups in total. The summed E-state index contributed by atoms with van der Waals surface area (Å²) in [4.78, 5) is 21.6. The third-order valence-electron chi connectivity index (χ3n) is 4.52. The molecule has 0 atom stereocenters. The van der Waals surface area contributed by atoms with E-state index < -0.39 is 0 Å². The summed E-state index contributed by atoms with van der Waals surface area (Å²) >= 11 is 0. The van der Waals surface area contributed by atoms with E-state index in [1.54, 1.807) is 4.57 Å². The Morgan fingerprint density at radius 3 is 3.12 bits per heavy atom. The zero-order valence-corrected chi connectivity index (χ0v) is 14.3. The van der Waals surface area contributed by atoms with Gasteiger partial charge in [0.1, 0.15) is 5.82 Å². The highest BCUT2D eigenvalue weighted by molar-refractivity contribution is 5.81. The molecule has 1 aliphatic heterocycles. The van der Waals surface area contributed by atoms with Crippen molar-refractivity contribution in [2.45, 2.75) is 52.1 Å². The van der Waals surface area contributed by atoms with Crippen molar-refractivity contribution in [3.63, 3.8) is 0 Å². The molecule has 1 aromatic carbocycles. The van der Waals surface area contributed by atoms with Crippen molar-refractivity contribution in [3.8, 4) is 0 Å². The van der Waals surface area contributed by atoms with Crippen LogP contribution in [0, 0.1) is 0 Å². The number of anilines is 1. The molecule has 3 aromatic rings. The van der Waals surface area contributed by atoms with Crippen LogP contribution in [0.5, 0.6) is 0 Å². The Kier molecular flexibility index (Phi) is 4.21. The van der Waals surface area contributed by atoms with Gasteiger partial charge in [0.15, 0.2) is 5.82 Å². The van der Waals surface area contributed by atoms with Gasteiger partial charge in [-0.15, -0.1) is 0 Å². The number of unbranched alkanes of at least 4 members (excludes halogenated alkanes) is 1. The third-order valence-corrected chi connectivity index (χ3v) is 4.52. The average Bonchev–Trinajstić information content (AvgIpc) is 3.28. The number of nitrogens with zero attached hydrogens (tertiary/aromatic N) is 4. The summed E-state index contributed by atoms with van der Waals surface area (Å²) in [6, 6.07) is 5.67. The molecule has 7 heteroatoms. The molecular formula is C18H21N5O2. The van der Waals surface area contributed by atoms with Gasteiger partial charge in [-0.05, 0) is 31.0 Å². The van der Waals surface area contributed by atoms with E-state index in [4.69, 9.17) is 4.52 Å². The molecule has 2 aromatic heterocycles. The van der Waals surface area contributed by atoms with E-state index in [0.717, 1.165) is 61.5 Å². The highest BCUT2D eigenvalue weighted by atomic mass is 16.5. The highest BCUT2D eigenvalue weighted by Crippen LogP contribution is 2.19. The van der Waals surface area contributed by atoms with Crippen molar-refractivity contribution in [1.82, 2.24) is 19.7 Å². The number of benzene rings is 1. The fourth-order valence-corrected chi connectivity index (χ4v) is 3.17. The number of fused-ring (bicyclic) bond motifs is 2. The first-order valence-corrected chi connectivity index (χ1v) is 8.83. The predicted molar refractivity (Wildman–Crippen MR) is 94.6 cm³/mol. The maximum Gasteiger partial charge on any atom is 0.261 e. The van der Waals surface area contributed by atoms with Gasteiger partial charge in [-0.1, -0.05) is 18.5 Å². The van der Waals surface area contributed by atoms with Gasteiger partial charge in [0, 0.05) is 25.1 Å². The maximum absolute atomic E-state index is 12.6. The highest BCUT2D eigenvalue weighted by Gasteiger charge is 2.16. The molecule has 1 aliphatic rings. The van der Waals surface area contributed by atoms with Gasteiger partial charge in [-0.3, -0.25) is 9.36 Å². The van der Waals surface area contributed by atoms with Crippen LogP contribution in [0.1, 0.15) is 43.7 Å². The normalized spacial score (nSPS) is 13.3. The van der Waals surface area contributed by atoms with Crippen molar-refractivity contribution in [1.29, 1.82) is 0 Å². The number of rotatable bonds is 6. The smallest absolute Gasteiger partial charge is 0.261 e. The lowest BCUT2D eigenvalue weighted by molar-refractivity contribution is 0.377. The number of hydrogen-bond donors (Lipinski definition) is 1. The third kappa shape index (κ3) is 3.14. The molecule has 0 saturated heterocycles. The molecule has 25 heavy (non-hydrogen) atoms. The van der Waals surface area contributed by atoms with Crippen LogP contribution in [0.3, 0.4) is 0 Å². The predicted octanol–water partition coefficient (Wildman–Crippen LogP) is 2.68. The van der Waals surface area contributed by atoms with E-state index in [0.29, 0.717) is 17.8 Å². The molecular weight excluding hydrogens is 318 g/mol. The first kappa shape index (κ1) is 15.8. The summed E-state index contributed by atoms with van der Waals surface area (Å²) in [6.45, 7) is 3.33. The Morgan fingerprint density at radius 2 is 2.24 bits per heavy atom. The number of aromatic nitrogens is 4. The standard InChI is InChI=1S/C18H21N5O2/c1-2-3-5-15-21-17(25-22-15)11-19-12-7-8-14-13(10-12)18(24)23-9-4-6-16(23)20-14/h7-8,10,19H,2-6,9,11H2,1H3. The van der Waals surface area contributed by atoms with Crippen molar-refractivity contribution >= 4 is 16.6 Å². The Balaban J connectivity index is 1.52. The van der Waals surface area contributed by atoms with Gasteiger partial charge >= 0.3 is 0 Å². The van der Waals surface area contributed by atoms with Crippen LogP contribution in [0.4, 0.5) is 5.69 Å². The van der Waals surface area contributed by atoms with Crippen molar-refractivity contribution in [2.24, 2.45) is 0 Å². The molecule has 0 fully saturated rings. The van der Waals surface area contributed by atoms with Crippen molar-refractivity contribution < 1.29 is 4.52 Å². The monoisotopic (exact) mass is 339 g/mol. The van der Waals surface area contributed by atoms with E-state index in [1.807, 2.05) is 18.2 Å².